The Kier molecular flexibility index (Phi) is 18.0. The minimum Gasteiger partial charge on any atom is -0.389 e. The Morgan fingerprint density at radius 3 is 1.73 bits per heavy atom. The molecule has 22 heavy (non-hydrogen) atoms. The summed E-state index contributed by atoms with van der Waals surface area (Å²) in [6.45, 7) is 4.42. The smallest absolute Gasteiger partial charge is 0.0720 e. The van der Waals surface area contributed by atoms with Crippen LogP contribution >= 0.6 is 0 Å². The van der Waals surface area contributed by atoms with Gasteiger partial charge < -0.3 is 5.11 Å². The zero-order valence-corrected chi connectivity index (χ0v) is 15.2. The Labute approximate surface area is 139 Å². The zero-order valence-electron chi connectivity index (χ0n) is 15.2. The van der Waals surface area contributed by atoms with Crippen molar-refractivity contribution in [3.8, 4) is 0 Å². The Balaban J connectivity index is 3.21. The summed E-state index contributed by atoms with van der Waals surface area (Å²) in [5.74, 6) is 0. The predicted octanol–water partition coefficient (Wildman–Crippen LogP) is 6.96. The van der Waals surface area contributed by atoms with E-state index >= 15 is 0 Å². The summed E-state index contributed by atoms with van der Waals surface area (Å²) in [6.07, 6.45) is 26.2. The lowest BCUT2D eigenvalue weighted by Crippen LogP contribution is -2.00. The van der Waals surface area contributed by atoms with E-state index in [4.69, 9.17) is 0 Å². The molecule has 0 radical (unpaired) electrons. The van der Waals surface area contributed by atoms with Crippen molar-refractivity contribution in [3.63, 3.8) is 0 Å². The highest BCUT2D eigenvalue weighted by atomic mass is 16.3. The molecule has 130 valence electrons. The summed E-state index contributed by atoms with van der Waals surface area (Å²) in [6, 6.07) is 0. The molecule has 0 aliphatic rings. The molecule has 0 fully saturated rings. The molecule has 1 atom stereocenters. The molecule has 0 amide bonds. The molecule has 1 unspecified atom stereocenters. The van der Waals surface area contributed by atoms with Gasteiger partial charge in [-0.15, -0.1) is 0 Å². The lowest BCUT2D eigenvalue weighted by molar-refractivity contribution is 0.209. The average Bonchev–Trinajstić information content (AvgIpc) is 2.53. The van der Waals surface area contributed by atoms with Gasteiger partial charge in [0.1, 0.15) is 0 Å². The number of hydrogen-bond donors (Lipinski definition) is 1. The van der Waals surface area contributed by atoms with Gasteiger partial charge in [-0.1, -0.05) is 83.1 Å². The molecule has 0 saturated carbocycles. The van der Waals surface area contributed by atoms with Crippen molar-refractivity contribution in [3.05, 3.63) is 24.3 Å². The van der Waals surface area contributed by atoms with E-state index in [9.17, 15) is 5.11 Å². The summed E-state index contributed by atoms with van der Waals surface area (Å²) in [5, 5.41) is 9.68. The molecule has 0 aliphatic heterocycles. The third-order valence-electron chi connectivity index (χ3n) is 4.09. The minimum absolute atomic E-state index is 0.218. The number of unbranched alkanes of at least 4 members (excludes halogenated alkanes) is 10. The van der Waals surface area contributed by atoms with Crippen molar-refractivity contribution in [1.82, 2.24) is 0 Å². The van der Waals surface area contributed by atoms with Crippen LogP contribution in [0.5, 0.6) is 0 Å². The molecule has 1 nitrogen and oxygen atoms in total. The molecule has 0 saturated heterocycles. The van der Waals surface area contributed by atoms with Gasteiger partial charge >= 0.3 is 0 Å². The van der Waals surface area contributed by atoms with E-state index in [0.717, 1.165) is 19.3 Å². The first kappa shape index (κ1) is 21.4. The van der Waals surface area contributed by atoms with Gasteiger partial charge in [0.25, 0.3) is 0 Å². The molecular formula is C21H40O. The SMILES string of the molecule is CCCCC/C=C\CCCCCCC/C=C\C(O)CCCC. The van der Waals surface area contributed by atoms with Crippen molar-refractivity contribution in [2.75, 3.05) is 0 Å². The molecule has 0 rings (SSSR count). The standard InChI is InChI=1S/C21H40O/c1-3-5-7-8-9-10-11-12-13-14-15-16-17-18-20-21(22)19-6-4-2/h9-10,18,20-22H,3-8,11-17,19H2,1-2H3/b10-9-,20-18-. The fourth-order valence-corrected chi connectivity index (χ4v) is 2.57. The molecular weight excluding hydrogens is 268 g/mol. The molecule has 1 N–H and O–H groups in total. The number of hydrogen-bond acceptors (Lipinski definition) is 1. The van der Waals surface area contributed by atoms with Crippen LogP contribution in [0.1, 0.15) is 104 Å². The fraction of sp³-hybridized carbons (Fsp3) is 0.810. The van der Waals surface area contributed by atoms with Crippen molar-refractivity contribution < 1.29 is 5.11 Å². The molecule has 0 aromatic heterocycles. The predicted molar refractivity (Wildman–Crippen MR) is 100 cm³/mol. The van der Waals surface area contributed by atoms with Gasteiger partial charge in [-0.2, -0.15) is 0 Å². The van der Waals surface area contributed by atoms with Crippen molar-refractivity contribution in [2.45, 2.75) is 110 Å². The first-order valence-electron chi connectivity index (χ1n) is 9.81. The molecule has 0 aromatic carbocycles. The second-order valence-electron chi connectivity index (χ2n) is 6.45. The summed E-state index contributed by atoms with van der Waals surface area (Å²) >= 11 is 0. The zero-order chi connectivity index (χ0) is 16.3. The summed E-state index contributed by atoms with van der Waals surface area (Å²) < 4.78 is 0. The van der Waals surface area contributed by atoms with Gasteiger partial charge in [0.05, 0.1) is 6.10 Å². The Bertz CT molecular complexity index is 255. The maximum atomic E-state index is 9.68. The normalized spacial score (nSPS) is 13.4. The number of aliphatic hydroxyl groups excluding tert-OH is 1. The molecule has 0 aromatic rings. The van der Waals surface area contributed by atoms with Gasteiger partial charge in [-0.25, -0.2) is 0 Å². The Hall–Kier alpha value is -0.560. The van der Waals surface area contributed by atoms with Crippen LogP contribution in [0.15, 0.2) is 24.3 Å². The number of rotatable bonds is 16. The van der Waals surface area contributed by atoms with Crippen LogP contribution in [0.25, 0.3) is 0 Å². The van der Waals surface area contributed by atoms with E-state index in [2.05, 4.69) is 32.1 Å². The van der Waals surface area contributed by atoms with Crippen molar-refractivity contribution >= 4 is 0 Å². The largest absolute Gasteiger partial charge is 0.389 e. The maximum absolute atomic E-state index is 9.68. The van der Waals surface area contributed by atoms with E-state index < -0.39 is 0 Å². The lowest BCUT2D eigenvalue weighted by Gasteiger charge is -2.03. The second-order valence-corrected chi connectivity index (χ2v) is 6.45. The third kappa shape index (κ3) is 17.5. The van der Waals surface area contributed by atoms with E-state index in [1.807, 2.05) is 6.08 Å². The van der Waals surface area contributed by atoms with Crippen LogP contribution in [-0.4, -0.2) is 11.2 Å². The monoisotopic (exact) mass is 308 g/mol. The summed E-state index contributed by atoms with van der Waals surface area (Å²) in [5.41, 5.74) is 0. The molecule has 0 heterocycles. The number of allylic oxidation sites excluding steroid dienone is 3. The Morgan fingerprint density at radius 1 is 0.636 bits per heavy atom. The first-order chi connectivity index (χ1) is 10.8. The van der Waals surface area contributed by atoms with Gasteiger partial charge in [-0.3, -0.25) is 0 Å². The fourth-order valence-electron chi connectivity index (χ4n) is 2.57. The van der Waals surface area contributed by atoms with E-state index in [1.54, 1.807) is 0 Å². The highest BCUT2D eigenvalue weighted by Crippen LogP contribution is 2.09. The van der Waals surface area contributed by atoms with Gasteiger partial charge in [0, 0.05) is 0 Å². The quantitative estimate of drug-likeness (QED) is 0.241. The van der Waals surface area contributed by atoms with Gasteiger partial charge in [0.2, 0.25) is 0 Å². The van der Waals surface area contributed by atoms with Crippen LogP contribution in [0, 0.1) is 0 Å². The molecule has 1 heteroatoms. The summed E-state index contributed by atoms with van der Waals surface area (Å²) in [7, 11) is 0. The average molecular weight is 309 g/mol. The van der Waals surface area contributed by atoms with Crippen molar-refractivity contribution in [1.29, 1.82) is 0 Å². The van der Waals surface area contributed by atoms with E-state index in [1.165, 1.54) is 70.6 Å². The summed E-state index contributed by atoms with van der Waals surface area (Å²) in [4.78, 5) is 0. The van der Waals surface area contributed by atoms with E-state index in [0.29, 0.717) is 0 Å². The first-order valence-corrected chi connectivity index (χ1v) is 9.81. The van der Waals surface area contributed by atoms with Crippen LogP contribution in [0.2, 0.25) is 0 Å². The van der Waals surface area contributed by atoms with Gasteiger partial charge in [0.15, 0.2) is 0 Å². The highest BCUT2D eigenvalue weighted by Gasteiger charge is 1.96. The van der Waals surface area contributed by atoms with E-state index in [-0.39, 0.29) is 6.10 Å². The third-order valence-corrected chi connectivity index (χ3v) is 4.09. The van der Waals surface area contributed by atoms with Crippen LogP contribution in [0.3, 0.4) is 0 Å². The highest BCUT2D eigenvalue weighted by molar-refractivity contribution is 4.88. The molecule has 0 aliphatic carbocycles. The van der Waals surface area contributed by atoms with Crippen LogP contribution in [0.4, 0.5) is 0 Å². The van der Waals surface area contributed by atoms with Crippen LogP contribution in [-0.2, 0) is 0 Å². The lowest BCUT2D eigenvalue weighted by atomic mass is 10.1. The minimum atomic E-state index is -0.218. The maximum Gasteiger partial charge on any atom is 0.0720 e. The van der Waals surface area contributed by atoms with Crippen LogP contribution < -0.4 is 0 Å². The second kappa shape index (κ2) is 18.5. The molecule has 0 bridgehead atoms. The van der Waals surface area contributed by atoms with Crippen molar-refractivity contribution in [2.24, 2.45) is 0 Å². The molecule has 0 spiro atoms. The van der Waals surface area contributed by atoms with Gasteiger partial charge in [-0.05, 0) is 44.9 Å². The Morgan fingerprint density at radius 2 is 1.14 bits per heavy atom. The topological polar surface area (TPSA) is 20.2 Å². The number of aliphatic hydroxyl groups is 1.